The van der Waals surface area contributed by atoms with Crippen LogP contribution in [0.2, 0.25) is 0 Å². The van der Waals surface area contributed by atoms with Gasteiger partial charge >= 0.3 is 0 Å². The highest BCUT2D eigenvalue weighted by molar-refractivity contribution is 5.28. The van der Waals surface area contributed by atoms with Gasteiger partial charge in [0.25, 0.3) is 0 Å². The van der Waals surface area contributed by atoms with Crippen molar-refractivity contribution in [1.29, 1.82) is 0 Å². The predicted molar refractivity (Wildman–Crippen MR) is 86.4 cm³/mol. The van der Waals surface area contributed by atoms with Crippen LogP contribution in [-0.4, -0.2) is 38.7 Å². The molecule has 1 unspecified atom stereocenters. The van der Waals surface area contributed by atoms with E-state index in [0.29, 0.717) is 12.0 Å². The lowest BCUT2D eigenvalue weighted by atomic mass is 10.1. The molecule has 20 heavy (non-hydrogen) atoms. The van der Waals surface area contributed by atoms with E-state index in [4.69, 9.17) is 4.74 Å². The summed E-state index contributed by atoms with van der Waals surface area (Å²) >= 11 is 0. The number of rotatable bonds is 9. The van der Waals surface area contributed by atoms with Gasteiger partial charge in [-0.2, -0.15) is 0 Å². The molecular formula is C17H30N2O. The molecule has 1 aromatic rings. The minimum Gasteiger partial charge on any atom is -0.493 e. The summed E-state index contributed by atoms with van der Waals surface area (Å²) in [5.41, 5.74) is 1.31. The van der Waals surface area contributed by atoms with Crippen molar-refractivity contribution in [2.75, 3.05) is 33.8 Å². The Balaban J connectivity index is 2.35. The van der Waals surface area contributed by atoms with Crippen LogP contribution in [0.5, 0.6) is 5.75 Å². The maximum atomic E-state index is 5.70. The average Bonchev–Trinajstić information content (AvgIpc) is 2.41. The van der Waals surface area contributed by atoms with Gasteiger partial charge in [-0.05, 0) is 64.1 Å². The maximum Gasteiger partial charge on any atom is 0.119 e. The zero-order valence-corrected chi connectivity index (χ0v) is 13.6. The lowest BCUT2D eigenvalue weighted by Crippen LogP contribution is -2.23. The Kier molecular flexibility index (Phi) is 7.63. The second-order valence-corrected chi connectivity index (χ2v) is 6.11. The minimum atomic E-state index is 0.385. The molecule has 1 N–H and O–H groups in total. The monoisotopic (exact) mass is 278 g/mol. The summed E-state index contributed by atoms with van der Waals surface area (Å²) in [4.78, 5) is 2.22. The fraction of sp³-hybridized carbons (Fsp3) is 0.647. The topological polar surface area (TPSA) is 24.5 Å². The highest BCUT2D eigenvalue weighted by Gasteiger charge is 2.05. The molecule has 0 aromatic heterocycles. The van der Waals surface area contributed by atoms with Gasteiger partial charge in [0.05, 0.1) is 6.61 Å². The standard InChI is InChI=1S/C17H30N2O/c1-14(2)13-20-17-9-7-16(8-10-17)15(3)18-11-6-12-19(4)5/h7-10,14-15,18H,6,11-13H2,1-5H3. The number of hydrogen-bond acceptors (Lipinski definition) is 3. The molecule has 0 bridgehead atoms. The highest BCUT2D eigenvalue weighted by Crippen LogP contribution is 2.18. The van der Waals surface area contributed by atoms with Crippen molar-refractivity contribution in [2.24, 2.45) is 5.92 Å². The van der Waals surface area contributed by atoms with Gasteiger partial charge in [0.15, 0.2) is 0 Å². The molecule has 1 rings (SSSR count). The number of benzene rings is 1. The van der Waals surface area contributed by atoms with Crippen LogP contribution in [0.25, 0.3) is 0 Å². The summed E-state index contributed by atoms with van der Waals surface area (Å²) in [6, 6.07) is 8.82. The first-order valence-electron chi connectivity index (χ1n) is 7.60. The number of nitrogens with zero attached hydrogens (tertiary/aromatic N) is 1. The van der Waals surface area contributed by atoms with E-state index in [9.17, 15) is 0 Å². The fourth-order valence-corrected chi connectivity index (χ4v) is 1.95. The molecule has 0 saturated heterocycles. The van der Waals surface area contributed by atoms with Crippen LogP contribution in [0.4, 0.5) is 0 Å². The Bertz CT molecular complexity index is 360. The Morgan fingerprint density at radius 3 is 2.30 bits per heavy atom. The molecule has 0 fully saturated rings. The molecule has 1 aromatic carbocycles. The normalized spacial score (nSPS) is 12.9. The zero-order chi connectivity index (χ0) is 15.0. The van der Waals surface area contributed by atoms with Crippen molar-refractivity contribution < 1.29 is 4.74 Å². The summed E-state index contributed by atoms with van der Waals surface area (Å²) in [5.74, 6) is 1.52. The molecule has 0 aliphatic rings. The molecule has 114 valence electrons. The quantitative estimate of drug-likeness (QED) is 0.701. The van der Waals surface area contributed by atoms with Gasteiger partial charge in [-0.1, -0.05) is 26.0 Å². The molecular weight excluding hydrogens is 248 g/mol. The van der Waals surface area contributed by atoms with E-state index in [1.807, 2.05) is 0 Å². The smallest absolute Gasteiger partial charge is 0.119 e. The summed E-state index contributed by atoms with van der Waals surface area (Å²) in [6.45, 7) is 9.48. The molecule has 1 atom stereocenters. The summed E-state index contributed by atoms with van der Waals surface area (Å²) in [6.07, 6.45) is 1.17. The molecule has 0 amide bonds. The average molecular weight is 278 g/mol. The van der Waals surface area contributed by atoms with E-state index in [1.165, 1.54) is 12.0 Å². The first-order valence-corrected chi connectivity index (χ1v) is 7.60. The van der Waals surface area contributed by atoms with Crippen LogP contribution in [-0.2, 0) is 0 Å². The van der Waals surface area contributed by atoms with Crippen LogP contribution < -0.4 is 10.1 Å². The largest absolute Gasteiger partial charge is 0.493 e. The van der Waals surface area contributed by atoms with Gasteiger partial charge in [-0.3, -0.25) is 0 Å². The predicted octanol–water partition coefficient (Wildman–Crippen LogP) is 3.32. The van der Waals surface area contributed by atoms with E-state index < -0.39 is 0 Å². The molecule has 0 spiro atoms. The van der Waals surface area contributed by atoms with Crippen LogP contribution in [0, 0.1) is 5.92 Å². The maximum absolute atomic E-state index is 5.70. The van der Waals surface area contributed by atoms with Gasteiger partial charge in [-0.15, -0.1) is 0 Å². The second kappa shape index (κ2) is 8.98. The van der Waals surface area contributed by atoms with Gasteiger partial charge in [0, 0.05) is 6.04 Å². The Morgan fingerprint density at radius 1 is 1.10 bits per heavy atom. The van der Waals surface area contributed by atoms with Crippen LogP contribution in [0.15, 0.2) is 24.3 Å². The molecule has 0 aliphatic carbocycles. The van der Waals surface area contributed by atoms with E-state index in [0.717, 1.165) is 25.4 Å². The SMILES string of the molecule is CC(C)COc1ccc(C(C)NCCCN(C)C)cc1. The third-order valence-electron chi connectivity index (χ3n) is 3.20. The molecule has 0 saturated carbocycles. The van der Waals surface area contributed by atoms with Crippen molar-refractivity contribution >= 4 is 0 Å². The Labute approximate surface area is 124 Å². The summed E-state index contributed by atoms with van der Waals surface area (Å²) in [5, 5.41) is 3.56. The van der Waals surface area contributed by atoms with E-state index in [2.05, 4.69) is 69.3 Å². The van der Waals surface area contributed by atoms with Gasteiger partial charge in [0.1, 0.15) is 5.75 Å². The van der Waals surface area contributed by atoms with Crippen LogP contribution in [0.3, 0.4) is 0 Å². The lowest BCUT2D eigenvalue weighted by molar-refractivity contribution is 0.271. The summed E-state index contributed by atoms with van der Waals surface area (Å²) in [7, 11) is 4.22. The Morgan fingerprint density at radius 2 is 1.75 bits per heavy atom. The Hall–Kier alpha value is -1.06. The highest BCUT2D eigenvalue weighted by atomic mass is 16.5. The van der Waals surface area contributed by atoms with Gasteiger partial charge < -0.3 is 15.0 Å². The first kappa shape index (κ1) is 17.0. The van der Waals surface area contributed by atoms with Gasteiger partial charge in [-0.25, -0.2) is 0 Å². The summed E-state index contributed by atoms with van der Waals surface area (Å²) < 4.78 is 5.70. The van der Waals surface area contributed by atoms with Crippen molar-refractivity contribution in [3.05, 3.63) is 29.8 Å². The zero-order valence-electron chi connectivity index (χ0n) is 13.6. The molecule has 0 aliphatic heterocycles. The van der Waals surface area contributed by atoms with Crippen molar-refractivity contribution in [3.63, 3.8) is 0 Å². The van der Waals surface area contributed by atoms with Crippen molar-refractivity contribution in [3.8, 4) is 5.75 Å². The molecule has 0 radical (unpaired) electrons. The van der Waals surface area contributed by atoms with Crippen molar-refractivity contribution in [1.82, 2.24) is 10.2 Å². The van der Waals surface area contributed by atoms with Crippen molar-refractivity contribution in [2.45, 2.75) is 33.2 Å². The number of hydrogen-bond donors (Lipinski definition) is 1. The first-order chi connectivity index (χ1) is 9.49. The van der Waals surface area contributed by atoms with Crippen LogP contribution in [0.1, 0.15) is 38.8 Å². The lowest BCUT2D eigenvalue weighted by Gasteiger charge is -2.16. The third kappa shape index (κ3) is 6.92. The number of ether oxygens (including phenoxy) is 1. The molecule has 3 heteroatoms. The number of nitrogens with one attached hydrogen (secondary N) is 1. The molecule has 0 heterocycles. The molecule has 3 nitrogen and oxygen atoms in total. The minimum absolute atomic E-state index is 0.385. The van der Waals surface area contributed by atoms with Gasteiger partial charge in [0.2, 0.25) is 0 Å². The van der Waals surface area contributed by atoms with E-state index >= 15 is 0 Å². The fourth-order valence-electron chi connectivity index (χ4n) is 1.95. The van der Waals surface area contributed by atoms with E-state index in [1.54, 1.807) is 0 Å². The second-order valence-electron chi connectivity index (χ2n) is 6.11. The van der Waals surface area contributed by atoms with Crippen LogP contribution >= 0.6 is 0 Å². The van der Waals surface area contributed by atoms with E-state index in [-0.39, 0.29) is 0 Å². The third-order valence-corrected chi connectivity index (χ3v) is 3.20.